The zero-order valence-electron chi connectivity index (χ0n) is 14.3. The Morgan fingerprint density at radius 1 is 1.23 bits per heavy atom. The predicted octanol–water partition coefficient (Wildman–Crippen LogP) is 0.760. The molecule has 0 atom stereocenters. The number of amides is 1. The Morgan fingerprint density at radius 2 is 1.92 bits per heavy atom. The molecule has 0 bridgehead atoms. The number of rotatable bonds is 6. The van der Waals surface area contributed by atoms with Crippen LogP contribution in [0.3, 0.4) is 0 Å². The topological polar surface area (TPSA) is 103 Å². The first-order chi connectivity index (χ1) is 12.5. The van der Waals surface area contributed by atoms with E-state index in [2.05, 4.69) is 10.4 Å². The Balaban J connectivity index is 1.68. The SMILES string of the molecule is COCn1ccc(C(=O)Nc2ccc(S(=O)(=O)N3CCOCC3)cc2)n1. The Morgan fingerprint density at radius 3 is 2.58 bits per heavy atom. The van der Waals surface area contributed by atoms with Gasteiger partial charge < -0.3 is 14.8 Å². The molecule has 3 rings (SSSR count). The lowest BCUT2D eigenvalue weighted by atomic mass is 10.3. The fraction of sp³-hybridized carbons (Fsp3) is 0.375. The molecule has 1 saturated heterocycles. The van der Waals surface area contributed by atoms with Crippen LogP contribution in [0.25, 0.3) is 0 Å². The summed E-state index contributed by atoms with van der Waals surface area (Å²) in [5.74, 6) is -0.386. The van der Waals surface area contributed by atoms with Crippen molar-refractivity contribution in [2.45, 2.75) is 11.6 Å². The maximum Gasteiger partial charge on any atom is 0.276 e. The molecule has 2 heterocycles. The van der Waals surface area contributed by atoms with Crippen molar-refractivity contribution < 1.29 is 22.7 Å². The van der Waals surface area contributed by atoms with E-state index in [9.17, 15) is 13.2 Å². The molecule has 0 unspecified atom stereocenters. The highest BCUT2D eigenvalue weighted by molar-refractivity contribution is 7.89. The summed E-state index contributed by atoms with van der Waals surface area (Å²) in [5.41, 5.74) is 0.726. The molecule has 2 aromatic rings. The number of methoxy groups -OCH3 is 1. The van der Waals surface area contributed by atoms with E-state index in [-0.39, 0.29) is 23.2 Å². The fourth-order valence-electron chi connectivity index (χ4n) is 2.53. The molecule has 1 aliphatic rings. The number of carbonyl (C=O) groups excluding carboxylic acids is 1. The van der Waals surface area contributed by atoms with Crippen molar-refractivity contribution in [1.29, 1.82) is 0 Å². The molecule has 0 spiro atoms. The minimum Gasteiger partial charge on any atom is -0.379 e. The molecule has 1 aromatic carbocycles. The van der Waals surface area contributed by atoms with Gasteiger partial charge in [-0.05, 0) is 30.3 Å². The van der Waals surface area contributed by atoms with E-state index < -0.39 is 10.0 Å². The molecule has 1 aliphatic heterocycles. The highest BCUT2D eigenvalue weighted by atomic mass is 32.2. The van der Waals surface area contributed by atoms with Crippen LogP contribution in [0.5, 0.6) is 0 Å². The van der Waals surface area contributed by atoms with Gasteiger partial charge in [-0.25, -0.2) is 13.1 Å². The molecule has 1 fully saturated rings. The Hall–Kier alpha value is -2.27. The standard InChI is InChI=1S/C16H20N4O5S/c1-24-12-19-7-6-15(18-19)16(21)17-13-2-4-14(5-3-13)26(22,23)20-8-10-25-11-9-20/h2-7H,8-12H2,1H3,(H,17,21). The van der Waals surface area contributed by atoms with Crippen molar-refractivity contribution in [2.75, 3.05) is 38.7 Å². The molecular weight excluding hydrogens is 360 g/mol. The molecule has 0 aliphatic carbocycles. The predicted molar refractivity (Wildman–Crippen MR) is 93.2 cm³/mol. The lowest BCUT2D eigenvalue weighted by Crippen LogP contribution is -2.40. The summed E-state index contributed by atoms with van der Waals surface area (Å²) in [6.07, 6.45) is 1.64. The third-order valence-corrected chi connectivity index (χ3v) is 5.77. The van der Waals surface area contributed by atoms with E-state index in [1.54, 1.807) is 24.4 Å². The van der Waals surface area contributed by atoms with E-state index in [4.69, 9.17) is 9.47 Å². The zero-order chi connectivity index (χ0) is 18.6. The Bertz CT molecular complexity index is 857. The van der Waals surface area contributed by atoms with Crippen molar-refractivity contribution in [3.8, 4) is 0 Å². The van der Waals surface area contributed by atoms with Crippen LogP contribution in [0, 0.1) is 0 Å². The molecule has 1 N–H and O–H groups in total. The molecule has 0 saturated carbocycles. The van der Waals surface area contributed by atoms with Crippen LogP contribution >= 0.6 is 0 Å². The number of nitrogens with zero attached hydrogens (tertiary/aromatic N) is 3. The Labute approximate surface area is 151 Å². The number of hydrogen-bond acceptors (Lipinski definition) is 6. The molecule has 10 heteroatoms. The number of carbonyl (C=O) groups is 1. The lowest BCUT2D eigenvalue weighted by molar-refractivity contribution is 0.0730. The van der Waals surface area contributed by atoms with E-state index in [0.717, 1.165) is 0 Å². The fourth-order valence-corrected chi connectivity index (χ4v) is 3.94. The molecule has 26 heavy (non-hydrogen) atoms. The van der Waals surface area contributed by atoms with E-state index >= 15 is 0 Å². The summed E-state index contributed by atoms with van der Waals surface area (Å²) in [7, 11) is -2.02. The van der Waals surface area contributed by atoms with Crippen molar-refractivity contribution in [1.82, 2.24) is 14.1 Å². The molecular formula is C16H20N4O5S. The molecule has 9 nitrogen and oxygen atoms in total. The van der Waals surface area contributed by atoms with E-state index in [0.29, 0.717) is 32.0 Å². The van der Waals surface area contributed by atoms with Gasteiger partial charge >= 0.3 is 0 Å². The van der Waals surface area contributed by atoms with Crippen molar-refractivity contribution in [3.63, 3.8) is 0 Å². The number of nitrogens with one attached hydrogen (secondary N) is 1. The normalized spacial score (nSPS) is 15.7. The van der Waals surface area contributed by atoms with E-state index in [1.165, 1.54) is 28.2 Å². The van der Waals surface area contributed by atoms with Gasteiger partial charge in [-0.3, -0.25) is 4.79 Å². The van der Waals surface area contributed by atoms with Crippen LogP contribution in [0.1, 0.15) is 10.5 Å². The van der Waals surface area contributed by atoms with Gasteiger partial charge in [0.2, 0.25) is 10.0 Å². The number of sulfonamides is 1. The summed E-state index contributed by atoms with van der Waals surface area (Å²) < 4.78 is 38.1. The monoisotopic (exact) mass is 380 g/mol. The zero-order valence-corrected chi connectivity index (χ0v) is 15.1. The van der Waals surface area contributed by atoms with Crippen LogP contribution in [0.15, 0.2) is 41.4 Å². The van der Waals surface area contributed by atoms with Crippen LogP contribution in [0.2, 0.25) is 0 Å². The molecule has 140 valence electrons. The minimum absolute atomic E-state index is 0.182. The average molecular weight is 380 g/mol. The van der Waals surface area contributed by atoms with Crippen molar-refractivity contribution in [3.05, 3.63) is 42.2 Å². The quantitative estimate of drug-likeness (QED) is 0.794. The average Bonchev–Trinajstić information content (AvgIpc) is 3.12. The molecule has 1 amide bonds. The maximum atomic E-state index is 12.6. The third kappa shape index (κ3) is 4.10. The second kappa shape index (κ2) is 7.96. The maximum absolute atomic E-state index is 12.6. The number of morpholine rings is 1. The van der Waals surface area contributed by atoms with Gasteiger partial charge in [0.05, 0.1) is 18.1 Å². The van der Waals surface area contributed by atoms with Crippen LogP contribution in [0.4, 0.5) is 5.69 Å². The van der Waals surface area contributed by atoms with Gasteiger partial charge in [-0.1, -0.05) is 0 Å². The first kappa shape index (κ1) is 18.5. The van der Waals surface area contributed by atoms with Crippen molar-refractivity contribution >= 4 is 21.6 Å². The smallest absolute Gasteiger partial charge is 0.276 e. The van der Waals surface area contributed by atoms with Crippen molar-refractivity contribution in [2.24, 2.45) is 0 Å². The first-order valence-corrected chi connectivity index (χ1v) is 9.46. The van der Waals surface area contributed by atoms with E-state index in [1.807, 2.05) is 0 Å². The summed E-state index contributed by atoms with van der Waals surface area (Å²) >= 11 is 0. The molecule has 1 aromatic heterocycles. The van der Waals surface area contributed by atoms with Crippen LogP contribution in [-0.2, 0) is 26.2 Å². The number of ether oxygens (including phenoxy) is 2. The number of aromatic nitrogens is 2. The van der Waals surface area contributed by atoms with Gasteiger partial charge in [-0.15, -0.1) is 0 Å². The summed E-state index contributed by atoms with van der Waals surface area (Å²) in [4.78, 5) is 12.4. The van der Waals surface area contributed by atoms with Gasteiger partial charge in [0.15, 0.2) is 5.69 Å². The second-order valence-corrected chi connectivity index (χ2v) is 7.59. The van der Waals surface area contributed by atoms with Gasteiger partial charge in [0.25, 0.3) is 5.91 Å². The minimum atomic E-state index is -3.55. The third-order valence-electron chi connectivity index (χ3n) is 3.85. The highest BCUT2D eigenvalue weighted by Crippen LogP contribution is 2.19. The van der Waals surface area contributed by atoms with Gasteiger partial charge in [-0.2, -0.15) is 9.40 Å². The van der Waals surface area contributed by atoms with Crippen LogP contribution < -0.4 is 5.32 Å². The number of hydrogen-bond donors (Lipinski definition) is 1. The first-order valence-electron chi connectivity index (χ1n) is 8.02. The number of benzene rings is 1. The van der Waals surface area contributed by atoms with Gasteiger partial charge in [0.1, 0.15) is 6.73 Å². The summed E-state index contributed by atoms with van der Waals surface area (Å²) in [6, 6.07) is 7.63. The van der Waals surface area contributed by atoms with Gasteiger partial charge in [0, 0.05) is 32.1 Å². The van der Waals surface area contributed by atoms with Crippen LogP contribution in [-0.4, -0.2) is 61.8 Å². The number of anilines is 1. The largest absolute Gasteiger partial charge is 0.379 e. The second-order valence-electron chi connectivity index (χ2n) is 5.65. The molecule has 0 radical (unpaired) electrons. The summed E-state index contributed by atoms with van der Waals surface area (Å²) in [5, 5.41) is 6.77. The Kier molecular flexibility index (Phi) is 5.67. The summed E-state index contributed by atoms with van der Waals surface area (Å²) in [6.45, 7) is 1.71. The lowest BCUT2D eigenvalue weighted by Gasteiger charge is -2.26. The highest BCUT2D eigenvalue weighted by Gasteiger charge is 2.26.